The van der Waals surface area contributed by atoms with E-state index in [1.54, 1.807) is 4.68 Å². The van der Waals surface area contributed by atoms with Gasteiger partial charge >= 0.3 is 0 Å². The average Bonchev–Trinajstić information content (AvgIpc) is 2.55. The predicted molar refractivity (Wildman–Crippen MR) is 54.5 cm³/mol. The Morgan fingerprint density at radius 3 is 3.07 bits per heavy atom. The molecule has 6 heteroatoms. The molecule has 1 aromatic rings. The van der Waals surface area contributed by atoms with Gasteiger partial charge in [-0.2, -0.15) is 5.10 Å². The zero-order valence-electron chi connectivity index (χ0n) is 8.36. The highest BCUT2D eigenvalue weighted by molar-refractivity contribution is 5.84. The van der Waals surface area contributed by atoms with Gasteiger partial charge in [0.1, 0.15) is 0 Å². The van der Waals surface area contributed by atoms with Crippen molar-refractivity contribution in [3.8, 4) is 0 Å². The van der Waals surface area contributed by atoms with Gasteiger partial charge in [-0.3, -0.25) is 4.68 Å². The molecule has 0 amide bonds. The summed E-state index contributed by atoms with van der Waals surface area (Å²) in [7, 11) is 1.85. The maximum Gasteiger partial charge on any atom is 0.158 e. The summed E-state index contributed by atoms with van der Waals surface area (Å²) in [6, 6.07) is 0. The summed E-state index contributed by atoms with van der Waals surface area (Å²) < 4.78 is 1.73. The minimum Gasteiger partial charge on any atom is -0.409 e. The lowest BCUT2D eigenvalue weighted by Gasteiger charge is -2.02. The predicted octanol–water partition coefficient (Wildman–Crippen LogP) is 0.141. The molecule has 1 heterocycles. The monoisotopic (exact) mass is 197 g/mol. The summed E-state index contributed by atoms with van der Waals surface area (Å²) in [6.45, 7) is 2.34. The van der Waals surface area contributed by atoms with E-state index in [1.807, 2.05) is 20.2 Å². The normalized spacial score (nSPS) is 11.7. The molecule has 0 saturated carbocycles. The first kappa shape index (κ1) is 10.4. The van der Waals surface area contributed by atoms with Gasteiger partial charge in [0.25, 0.3) is 0 Å². The Morgan fingerprint density at radius 2 is 2.50 bits per heavy atom. The van der Waals surface area contributed by atoms with Crippen molar-refractivity contribution < 1.29 is 5.21 Å². The summed E-state index contributed by atoms with van der Waals surface area (Å²) >= 11 is 0. The Kier molecular flexibility index (Phi) is 3.33. The SMILES string of the molecule is CCc1nn(C)cc1NC/C(N)=N/O. The summed E-state index contributed by atoms with van der Waals surface area (Å²) in [5.41, 5.74) is 7.22. The number of nitrogens with zero attached hydrogens (tertiary/aromatic N) is 3. The number of amidine groups is 1. The van der Waals surface area contributed by atoms with Crippen LogP contribution in [0.15, 0.2) is 11.4 Å². The van der Waals surface area contributed by atoms with Crippen LogP contribution in [-0.2, 0) is 13.5 Å². The van der Waals surface area contributed by atoms with Gasteiger partial charge in [-0.05, 0) is 6.42 Å². The first-order valence-corrected chi connectivity index (χ1v) is 4.40. The summed E-state index contributed by atoms with van der Waals surface area (Å²) in [5.74, 6) is 0.149. The fourth-order valence-corrected chi connectivity index (χ4v) is 1.16. The number of hydrogen-bond donors (Lipinski definition) is 3. The van der Waals surface area contributed by atoms with Gasteiger partial charge in [-0.25, -0.2) is 0 Å². The number of aryl methyl sites for hydroxylation is 2. The molecule has 78 valence electrons. The molecule has 0 saturated heterocycles. The van der Waals surface area contributed by atoms with Gasteiger partial charge in [-0.1, -0.05) is 12.1 Å². The first-order chi connectivity index (χ1) is 6.67. The Balaban J connectivity index is 2.66. The van der Waals surface area contributed by atoms with Gasteiger partial charge in [-0.15, -0.1) is 0 Å². The molecule has 6 nitrogen and oxygen atoms in total. The second-order valence-corrected chi connectivity index (χ2v) is 2.96. The van der Waals surface area contributed by atoms with Crippen LogP contribution in [0.4, 0.5) is 5.69 Å². The van der Waals surface area contributed by atoms with E-state index < -0.39 is 0 Å². The summed E-state index contributed by atoms with van der Waals surface area (Å²) in [5, 5.41) is 18.5. The second-order valence-electron chi connectivity index (χ2n) is 2.96. The first-order valence-electron chi connectivity index (χ1n) is 4.40. The maximum absolute atomic E-state index is 8.35. The average molecular weight is 197 g/mol. The van der Waals surface area contributed by atoms with Gasteiger partial charge in [0.05, 0.1) is 17.9 Å². The second kappa shape index (κ2) is 4.50. The quantitative estimate of drug-likeness (QED) is 0.277. The van der Waals surface area contributed by atoms with E-state index in [2.05, 4.69) is 15.6 Å². The molecule has 14 heavy (non-hydrogen) atoms. The van der Waals surface area contributed by atoms with Crippen molar-refractivity contribution in [2.45, 2.75) is 13.3 Å². The van der Waals surface area contributed by atoms with E-state index in [0.717, 1.165) is 17.8 Å². The minimum absolute atomic E-state index is 0.149. The largest absolute Gasteiger partial charge is 0.409 e. The van der Waals surface area contributed by atoms with Crippen LogP contribution < -0.4 is 11.1 Å². The molecule has 0 unspecified atom stereocenters. The van der Waals surface area contributed by atoms with Crippen LogP contribution in [0.5, 0.6) is 0 Å². The highest BCUT2D eigenvalue weighted by Gasteiger charge is 2.05. The summed E-state index contributed by atoms with van der Waals surface area (Å²) in [6.07, 6.45) is 2.71. The molecule has 0 bridgehead atoms. The molecule has 0 radical (unpaired) electrons. The number of oxime groups is 1. The van der Waals surface area contributed by atoms with Crippen LogP contribution in [0, 0.1) is 0 Å². The van der Waals surface area contributed by atoms with Crippen LogP contribution in [-0.4, -0.2) is 27.4 Å². The third-order valence-corrected chi connectivity index (χ3v) is 1.83. The molecular weight excluding hydrogens is 182 g/mol. The van der Waals surface area contributed by atoms with Crippen molar-refractivity contribution in [3.05, 3.63) is 11.9 Å². The standard InChI is InChI=1S/C8H15N5O/c1-3-6-7(5-13(2)11-6)10-4-8(9)12-14/h5,10,14H,3-4H2,1-2H3,(H2,9,12). The highest BCUT2D eigenvalue weighted by Crippen LogP contribution is 2.12. The van der Waals surface area contributed by atoms with Gasteiger partial charge in [0.15, 0.2) is 5.84 Å². The molecule has 0 aliphatic heterocycles. The number of hydrogen-bond acceptors (Lipinski definition) is 4. The van der Waals surface area contributed by atoms with Crippen molar-refractivity contribution in [2.75, 3.05) is 11.9 Å². The fourth-order valence-electron chi connectivity index (χ4n) is 1.16. The molecule has 0 atom stereocenters. The number of anilines is 1. The zero-order valence-corrected chi connectivity index (χ0v) is 8.36. The number of aromatic nitrogens is 2. The minimum atomic E-state index is 0.149. The third-order valence-electron chi connectivity index (χ3n) is 1.83. The molecule has 0 aliphatic rings. The maximum atomic E-state index is 8.35. The summed E-state index contributed by atoms with van der Waals surface area (Å²) in [4.78, 5) is 0. The number of nitrogens with two attached hydrogens (primary N) is 1. The van der Waals surface area contributed by atoms with E-state index in [1.165, 1.54) is 0 Å². The van der Waals surface area contributed by atoms with Crippen molar-refractivity contribution in [1.29, 1.82) is 0 Å². The highest BCUT2D eigenvalue weighted by atomic mass is 16.4. The third kappa shape index (κ3) is 2.38. The van der Waals surface area contributed by atoms with Crippen LogP contribution in [0.25, 0.3) is 0 Å². The van der Waals surface area contributed by atoms with Crippen molar-refractivity contribution >= 4 is 11.5 Å². The van der Waals surface area contributed by atoms with E-state index >= 15 is 0 Å². The van der Waals surface area contributed by atoms with Gasteiger partial charge in [0.2, 0.25) is 0 Å². The van der Waals surface area contributed by atoms with E-state index in [4.69, 9.17) is 10.9 Å². The fraction of sp³-hybridized carbons (Fsp3) is 0.500. The lowest BCUT2D eigenvalue weighted by molar-refractivity contribution is 0.317. The molecule has 0 aromatic carbocycles. The van der Waals surface area contributed by atoms with Crippen molar-refractivity contribution in [1.82, 2.24) is 9.78 Å². The van der Waals surface area contributed by atoms with E-state index in [0.29, 0.717) is 6.54 Å². The van der Waals surface area contributed by atoms with Crippen LogP contribution >= 0.6 is 0 Å². The van der Waals surface area contributed by atoms with Crippen LogP contribution in [0.2, 0.25) is 0 Å². The van der Waals surface area contributed by atoms with Gasteiger partial charge in [0, 0.05) is 13.2 Å². The molecular formula is C8H15N5O. The molecule has 0 fully saturated rings. The number of rotatable bonds is 4. The Hall–Kier alpha value is -1.72. The molecule has 1 aromatic heterocycles. The Morgan fingerprint density at radius 1 is 1.79 bits per heavy atom. The molecule has 0 aliphatic carbocycles. The van der Waals surface area contributed by atoms with Crippen LogP contribution in [0.1, 0.15) is 12.6 Å². The molecule has 1 rings (SSSR count). The Bertz CT molecular complexity index is 330. The lowest BCUT2D eigenvalue weighted by atomic mass is 10.3. The van der Waals surface area contributed by atoms with E-state index in [-0.39, 0.29) is 5.84 Å². The topological polar surface area (TPSA) is 88.5 Å². The smallest absolute Gasteiger partial charge is 0.158 e. The van der Waals surface area contributed by atoms with Crippen LogP contribution in [0.3, 0.4) is 0 Å². The van der Waals surface area contributed by atoms with Gasteiger partial charge < -0.3 is 16.3 Å². The Labute approximate surface area is 82.4 Å². The zero-order chi connectivity index (χ0) is 10.6. The van der Waals surface area contributed by atoms with Crippen molar-refractivity contribution in [3.63, 3.8) is 0 Å². The number of nitrogens with one attached hydrogen (secondary N) is 1. The van der Waals surface area contributed by atoms with E-state index in [9.17, 15) is 0 Å². The molecule has 0 spiro atoms. The lowest BCUT2D eigenvalue weighted by Crippen LogP contribution is -2.22. The molecule has 4 N–H and O–H groups in total. The van der Waals surface area contributed by atoms with Crippen molar-refractivity contribution in [2.24, 2.45) is 17.9 Å².